The number of aryl methyl sites for hydroxylation is 1. The summed E-state index contributed by atoms with van der Waals surface area (Å²) in [5.74, 6) is -1.27. The lowest BCUT2D eigenvalue weighted by molar-refractivity contribution is -0.274. The molecule has 4 heterocycles. The first-order chi connectivity index (χ1) is 18.1. The van der Waals surface area contributed by atoms with Gasteiger partial charge < -0.3 is 20.7 Å². The maximum atomic E-state index is 14.6. The van der Waals surface area contributed by atoms with Crippen molar-refractivity contribution in [1.82, 2.24) is 25.0 Å². The first-order valence-electron chi connectivity index (χ1n) is 12.5. The van der Waals surface area contributed by atoms with Gasteiger partial charge in [-0.3, -0.25) is 4.68 Å². The Hall–Kier alpha value is -3.83. The predicted octanol–water partition coefficient (Wildman–Crippen LogP) is 4.70. The van der Waals surface area contributed by atoms with E-state index in [1.807, 2.05) is 10.7 Å². The van der Waals surface area contributed by atoms with Crippen LogP contribution in [0.15, 0.2) is 42.6 Å². The van der Waals surface area contributed by atoms with Crippen molar-refractivity contribution in [2.75, 3.05) is 18.8 Å². The highest BCUT2D eigenvalue weighted by atomic mass is 19.4. The third-order valence-electron chi connectivity index (χ3n) is 8.11. The number of nitrogen functional groups attached to an aromatic ring is 1. The molecule has 8 nitrogen and oxygen atoms in total. The molecule has 2 aromatic heterocycles. The lowest BCUT2D eigenvalue weighted by Crippen LogP contribution is -2.55. The second-order valence-electron chi connectivity index (χ2n) is 10.3. The van der Waals surface area contributed by atoms with Crippen LogP contribution in [0.3, 0.4) is 0 Å². The van der Waals surface area contributed by atoms with E-state index in [1.54, 1.807) is 23.1 Å². The number of nitrogens with zero attached hydrogens (tertiary/aromatic N) is 4. The number of fused-ring (bicyclic) bond motifs is 2. The van der Waals surface area contributed by atoms with Crippen LogP contribution in [0.1, 0.15) is 43.4 Å². The molecular weight excluding hydrogens is 504 g/mol. The van der Waals surface area contributed by atoms with Gasteiger partial charge in [0.15, 0.2) is 11.6 Å². The van der Waals surface area contributed by atoms with E-state index in [0.717, 1.165) is 25.0 Å². The number of anilines is 1. The maximum Gasteiger partial charge on any atom is 0.573 e. The number of rotatable bonds is 4. The van der Waals surface area contributed by atoms with Gasteiger partial charge in [0.25, 0.3) is 0 Å². The summed E-state index contributed by atoms with van der Waals surface area (Å²) in [4.78, 5) is 19.0. The van der Waals surface area contributed by atoms with Gasteiger partial charge in [-0.15, -0.1) is 13.2 Å². The summed E-state index contributed by atoms with van der Waals surface area (Å²) in [6.07, 6.45) is 0.261. The highest BCUT2D eigenvalue weighted by Crippen LogP contribution is 2.46. The molecule has 3 aromatic rings. The maximum absolute atomic E-state index is 14.6. The zero-order chi connectivity index (χ0) is 26.7. The van der Waals surface area contributed by atoms with Crippen molar-refractivity contribution >= 4 is 11.8 Å². The molecule has 6 rings (SSSR count). The van der Waals surface area contributed by atoms with Crippen molar-refractivity contribution in [2.45, 2.75) is 56.0 Å². The van der Waals surface area contributed by atoms with Crippen LogP contribution in [-0.2, 0) is 17.5 Å². The fraction of sp³-hybridized carbons (Fsp3) is 0.423. The zero-order valence-electron chi connectivity index (χ0n) is 20.4. The average molecular weight is 531 g/mol. The van der Waals surface area contributed by atoms with Crippen molar-refractivity contribution < 1.29 is 27.1 Å². The number of nitrogens with two attached hydrogens (primary N) is 1. The molecule has 1 atom stereocenters. The number of pyridine rings is 1. The number of alkyl halides is 3. The van der Waals surface area contributed by atoms with Crippen LogP contribution in [0, 0.1) is 5.82 Å². The van der Waals surface area contributed by atoms with Crippen LogP contribution in [0.4, 0.5) is 28.2 Å². The topological polar surface area (TPSA) is 98.3 Å². The zero-order valence-corrected chi connectivity index (χ0v) is 20.4. The summed E-state index contributed by atoms with van der Waals surface area (Å²) in [5.41, 5.74) is 6.79. The van der Waals surface area contributed by atoms with Gasteiger partial charge in [-0.05, 0) is 50.3 Å². The second-order valence-corrected chi connectivity index (χ2v) is 10.3. The Labute approximate surface area is 215 Å². The molecule has 3 N–H and O–H groups in total. The summed E-state index contributed by atoms with van der Waals surface area (Å²) in [6, 6.07) is 9.36. The molecule has 1 saturated heterocycles. The minimum absolute atomic E-state index is 0.223. The first kappa shape index (κ1) is 24.5. The highest BCUT2D eigenvalue weighted by molar-refractivity contribution is 5.76. The summed E-state index contributed by atoms with van der Waals surface area (Å²) >= 11 is 0. The normalized spacial score (nSPS) is 21.8. The van der Waals surface area contributed by atoms with Crippen LogP contribution in [0.2, 0.25) is 0 Å². The van der Waals surface area contributed by atoms with Crippen molar-refractivity contribution in [3.63, 3.8) is 0 Å². The number of hydrogen-bond donors (Lipinski definition) is 2. The molecule has 1 aliphatic carbocycles. The summed E-state index contributed by atoms with van der Waals surface area (Å²) in [7, 11) is 0. The van der Waals surface area contributed by atoms with E-state index < -0.39 is 17.7 Å². The van der Waals surface area contributed by atoms with E-state index in [1.165, 1.54) is 18.3 Å². The molecule has 0 radical (unpaired) electrons. The van der Waals surface area contributed by atoms with Crippen molar-refractivity contribution in [3.8, 4) is 17.0 Å². The SMILES string of the molecule is Nc1ncc(-c2cc3n(n2)CCC32CCN(C(=O)NC3(c4ccccc4F)CCC3)C2)cc1OC(F)(F)F. The lowest BCUT2D eigenvalue weighted by atomic mass is 9.71. The van der Waals surface area contributed by atoms with E-state index in [4.69, 9.17) is 5.73 Å². The second kappa shape index (κ2) is 8.60. The molecule has 1 aromatic carbocycles. The summed E-state index contributed by atoms with van der Waals surface area (Å²) < 4.78 is 58.7. The molecular formula is C26H26F4N6O2. The van der Waals surface area contributed by atoms with Crippen molar-refractivity contribution in [2.24, 2.45) is 0 Å². The Morgan fingerprint density at radius 3 is 2.58 bits per heavy atom. The minimum atomic E-state index is -4.90. The molecule has 2 amide bonds. The fourth-order valence-corrected chi connectivity index (χ4v) is 5.99. The standard InChI is InChI=1S/C26H26F4N6O2/c27-18-5-2-1-4-17(18)25(6-3-7-25)33-23(37)35-10-8-24(15-35)9-11-36-21(24)13-19(34-36)16-12-20(22(31)32-14-16)38-26(28,29)30/h1-2,4-5,12-14H,3,6-11,15H2,(H2,31,32)(H,33,37). The number of carbonyl (C=O) groups excluding carboxylic acids is 1. The van der Waals surface area contributed by atoms with E-state index in [-0.39, 0.29) is 23.1 Å². The molecule has 3 aliphatic rings. The molecule has 38 heavy (non-hydrogen) atoms. The van der Waals surface area contributed by atoms with Crippen LogP contribution in [0.5, 0.6) is 5.75 Å². The molecule has 12 heteroatoms. The Kier molecular flexibility index (Phi) is 5.55. The van der Waals surface area contributed by atoms with Gasteiger partial charge in [-0.2, -0.15) is 5.10 Å². The predicted molar refractivity (Wildman–Crippen MR) is 129 cm³/mol. The Bertz CT molecular complexity index is 1400. The van der Waals surface area contributed by atoms with Crippen LogP contribution in [-0.4, -0.2) is 45.1 Å². The van der Waals surface area contributed by atoms with Crippen LogP contribution >= 0.6 is 0 Å². The smallest absolute Gasteiger partial charge is 0.402 e. The Morgan fingerprint density at radius 1 is 1.11 bits per heavy atom. The summed E-state index contributed by atoms with van der Waals surface area (Å²) in [6.45, 7) is 1.63. The number of nitrogens with one attached hydrogen (secondary N) is 1. The van der Waals surface area contributed by atoms with Gasteiger partial charge in [-0.25, -0.2) is 14.2 Å². The molecule has 0 bridgehead atoms. The quantitative estimate of drug-likeness (QED) is 0.477. The Morgan fingerprint density at radius 2 is 1.87 bits per heavy atom. The molecule has 1 saturated carbocycles. The highest BCUT2D eigenvalue weighted by Gasteiger charge is 2.49. The number of hydrogen-bond acceptors (Lipinski definition) is 5. The molecule has 1 spiro atoms. The van der Waals surface area contributed by atoms with Crippen LogP contribution < -0.4 is 15.8 Å². The van der Waals surface area contributed by atoms with Gasteiger partial charge in [0.1, 0.15) is 5.82 Å². The summed E-state index contributed by atoms with van der Waals surface area (Å²) in [5, 5.41) is 7.71. The minimum Gasteiger partial charge on any atom is -0.402 e. The van der Waals surface area contributed by atoms with Crippen molar-refractivity contribution in [3.05, 3.63) is 59.7 Å². The number of aromatic nitrogens is 3. The van der Waals surface area contributed by atoms with E-state index in [2.05, 4.69) is 20.1 Å². The van der Waals surface area contributed by atoms with Crippen molar-refractivity contribution in [1.29, 1.82) is 0 Å². The van der Waals surface area contributed by atoms with Gasteiger partial charge >= 0.3 is 12.4 Å². The molecule has 2 fully saturated rings. The number of carbonyl (C=O) groups is 1. The molecule has 2 aliphatic heterocycles. The number of halogens is 4. The number of urea groups is 1. The third-order valence-corrected chi connectivity index (χ3v) is 8.11. The average Bonchev–Trinajstić information content (AvgIpc) is 3.54. The van der Waals surface area contributed by atoms with E-state index >= 15 is 0 Å². The molecule has 1 unspecified atom stereocenters. The van der Waals surface area contributed by atoms with Gasteiger partial charge in [-0.1, -0.05) is 18.2 Å². The number of benzene rings is 1. The third kappa shape index (κ3) is 4.11. The monoisotopic (exact) mass is 530 g/mol. The lowest BCUT2D eigenvalue weighted by Gasteiger charge is -2.44. The number of ether oxygens (including phenoxy) is 1. The largest absolute Gasteiger partial charge is 0.573 e. The van der Waals surface area contributed by atoms with E-state index in [9.17, 15) is 22.4 Å². The van der Waals surface area contributed by atoms with Crippen LogP contribution in [0.25, 0.3) is 11.3 Å². The fourth-order valence-electron chi connectivity index (χ4n) is 5.99. The van der Waals surface area contributed by atoms with E-state index in [0.29, 0.717) is 49.3 Å². The number of amides is 2. The first-order valence-corrected chi connectivity index (χ1v) is 12.5. The number of likely N-dealkylation sites (tertiary alicyclic amines) is 1. The van der Waals surface area contributed by atoms with Gasteiger partial charge in [0, 0.05) is 48.1 Å². The molecule has 200 valence electrons. The van der Waals surface area contributed by atoms with Gasteiger partial charge in [0.05, 0.1) is 11.2 Å². The van der Waals surface area contributed by atoms with Gasteiger partial charge in [0.2, 0.25) is 0 Å². The Balaban J connectivity index is 1.21.